The van der Waals surface area contributed by atoms with Gasteiger partial charge in [-0.2, -0.15) is 0 Å². The Morgan fingerprint density at radius 2 is 1.70 bits per heavy atom. The van der Waals surface area contributed by atoms with Crippen molar-refractivity contribution in [1.82, 2.24) is 0 Å². The van der Waals surface area contributed by atoms with E-state index >= 15 is 0 Å². The van der Waals surface area contributed by atoms with Crippen molar-refractivity contribution in [3.05, 3.63) is 59.7 Å². The first-order chi connectivity index (χ1) is 11.1. The summed E-state index contributed by atoms with van der Waals surface area (Å²) in [6.45, 7) is 1.08. The van der Waals surface area contributed by atoms with Crippen LogP contribution in [0.15, 0.2) is 48.5 Å². The molecule has 3 heteroatoms. The first-order valence-corrected chi connectivity index (χ1v) is 7.88. The summed E-state index contributed by atoms with van der Waals surface area (Å²) in [6.07, 6.45) is 2.77. The molecule has 0 saturated carbocycles. The number of aliphatic carboxylic acids is 1. The molecule has 0 fully saturated rings. The molecule has 0 heterocycles. The van der Waals surface area contributed by atoms with Crippen molar-refractivity contribution >= 4 is 27.5 Å². The SMILES string of the molecule is CC(=O)O.OC1CCCc2ccc3cc4ccccc4cc3c21. The Kier molecular flexibility index (Phi) is 4.30. The molecular weight excluding hydrogens is 288 g/mol. The molecule has 1 unspecified atom stereocenters. The molecule has 0 aliphatic heterocycles. The zero-order valence-electron chi connectivity index (χ0n) is 13.1. The van der Waals surface area contributed by atoms with Gasteiger partial charge in [0.25, 0.3) is 5.97 Å². The molecule has 0 radical (unpaired) electrons. The lowest BCUT2D eigenvalue weighted by Crippen LogP contribution is -2.09. The lowest BCUT2D eigenvalue weighted by atomic mass is 9.85. The Morgan fingerprint density at radius 1 is 1.04 bits per heavy atom. The lowest BCUT2D eigenvalue weighted by molar-refractivity contribution is -0.134. The van der Waals surface area contributed by atoms with Crippen LogP contribution in [-0.4, -0.2) is 16.2 Å². The molecule has 3 aromatic rings. The van der Waals surface area contributed by atoms with Crippen LogP contribution >= 0.6 is 0 Å². The van der Waals surface area contributed by atoms with Crippen molar-refractivity contribution in [2.75, 3.05) is 0 Å². The van der Waals surface area contributed by atoms with Crippen LogP contribution in [0.4, 0.5) is 0 Å². The highest BCUT2D eigenvalue weighted by molar-refractivity contribution is 6.00. The number of aryl methyl sites for hydroxylation is 1. The molecule has 2 N–H and O–H groups in total. The molecule has 0 spiro atoms. The van der Waals surface area contributed by atoms with E-state index in [9.17, 15) is 5.11 Å². The van der Waals surface area contributed by atoms with Crippen LogP contribution in [0.25, 0.3) is 21.5 Å². The molecule has 118 valence electrons. The van der Waals surface area contributed by atoms with Gasteiger partial charge in [-0.15, -0.1) is 0 Å². The number of hydrogen-bond donors (Lipinski definition) is 2. The molecular formula is C20H20O3. The molecule has 1 aliphatic carbocycles. The average Bonchev–Trinajstić information content (AvgIpc) is 2.52. The van der Waals surface area contributed by atoms with Gasteiger partial charge in [0.05, 0.1) is 6.10 Å². The van der Waals surface area contributed by atoms with Crippen LogP contribution in [0, 0.1) is 0 Å². The zero-order chi connectivity index (χ0) is 16.4. The fourth-order valence-corrected chi connectivity index (χ4v) is 3.32. The third kappa shape index (κ3) is 3.20. The normalized spacial score (nSPS) is 16.5. The van der Waals surface area contributed by atoms with E-state index in [1.165, 1.54) is 27.1 Å². The van der Waals surface area contributed by atoms with Crippen LogP contribution < -0.4 is 0 Å². The van der Waals surface area contributed by atoms with Gasteiger partial charge in [-0.3, -0.25) is 4.79 Å². The largest absolute Gasteiger partial charge is 0.481 e. The maximum atomic E-state index is 10.3. The predicted molar refractivity (Wildman–Crippen MR) is 92.7 cm³/mol. The molecule has 0 saturated heterocycles. The van der Waals surface area contributed by atoms with Crippen molar-refractivity contribution in [3.63, 3.8) is 0 Å². The Balaban J connectivity index is 0.000000354. The summed E-state index contributed by atoms with van der Waals surface area (Å²) >= 11 is 0. The number of fused-ring (bicyclic) bond motifs is 4. The third-order valence-electron chi connectivity index (χ3n) is 4.27. The quantitative estimate of drug-likeness (QED) is 0.603. The first-order valence-electron chi connectivity index (χ1n) is 7.88. The van der Waals surface area contributed by atoms with Crippen LogP contribution in [0.3, 0.4) is 0 Å². The summed E-state index contributed by atoms with van der Waals surface area (Å²) in [5.74, 6) is -0.833. The molecule has 1 atom stereocenters. The second-order valence-corrected chi connectivity index (χ2v) is 5.99. The van der Waals surface area contributed by atoms with E-state index in [2.05, 4.69) is 48.5 Å². The van der Waals surface area contributed by atoms with E-state index in [4.69, 9.17) is 9.90 Å². The second-order valence-electron chi connectivity index (χ2n) is 5.99. The van der Waals surface area contributed by atoms with Crippen molar-refractivity contribution in [2.45, 2.75) is 32.3 Å². The van der Waals surface area contributed by atoms with E-state index in [-0.39, 0.29) is 6.10 Å². The van der Waals surface area contributed by atoms with Gasteiger partial charge in [-0.05, 0) is 64.1 Å². The van der Waals surface area contributed by atoms with Crippen molar-refractivity contribution in [1.29, 1.82) is 0 Å². The number of benzene rings is 3. The summed E-state index contributed by atoms with van der Waals surface area (Å²) in [5, 5.41) is 22.7. The van der Waals surface area contributed by atoms with Gasteiger partial charge in [-0.25, -0.2) is 0 Å². The van der Waals surface area contributed by atoms with Gasteiger partial charge < -0.3 is 10.2 Å². The van der Waals surface area contributed by atoms with E-state index < -0.39 is 5.97 Å². The van der Waals surface area contributed by atoms with Crippen molar-refractivity contribution in [2.24, 2.45) is 0 Å². The highest BCUT2D eigenvalue weighted by Gasteiger charge is 2.20. The number of aliphatic hydroxyl groups excluding tert-OH is 1. The molecule has 1 aliphatic rings. The number of carboxylic acids is 1. The highest BCUT2D eigenvalue weighted by Crippen LogP contribution is 2.36. The third-order valence-corrected chi connectivity index (χ3v) is 4.27. The maximum absolute atomic E-state index is 10.3. The minimum absolute atomic E-state index is 0.298. The van der Waals surface area contributed by atoms with Crippen LogP contribution in [-0.2, 0) is 11.2 Å². The van der Waals surface area contributed by atoms with Gasteiger partial charge in [0, 0.05) is 6.92 Å². The molecule has 3 nitrogen and oxygen atoms in total. The molecule has 23 heavy (non-hydrogen) atoms. The Morgan fingerprint density at radius 3 is 2.39 bits per heavy atom. The van der Waals surface area contributed by atoms with Gasteiger partial charge >= 0.3 is 0 Å². The van der Waals surface area contributed by atoms with E-state index in [0.717, 1.165) is 31.7 Å². The number of carbonyl (C=O) groups is 1. The second kappa shape index (κ2) is 6.39. The Labute approximate surface area is 135 Å². The monoisotopic (exact) mass is 308 g/mol. The summed E-state index contributed by atoms with van der Waals surface area (Å²) in [5.41, 5.74) is 2.48. The number of hydrogen-bond acceptors (Lipinski definition) is 2. The van der Waals surface area contributed by atoms with Crippen LogP contribution in [0.5, 0.6) is 0 Å². The number of rotatable bonds is 0. The number of aliphatic hydroxyl groups is 1. The maximum Gasteiger partial charge on any atom is 0.300 e. The molecule has 4 rings (SSSR count). The van der Waals surface area contributed by atoms with Crippen molar-refractivity contribution in [3.8, 4) is 0 Å². The summed E-state index contributed by atoms with van der Waals surface area (Å²) < 4.78 is 0. The zero-order valence-corrected chi connectivity index (χ0v) is 13.1. The van der Waals surface area contributed by atoms with Gasteiger partial charge in [-0.1, -0.05) is 36.4 Å². The minimum Gasteiger partial charge on any atom is -0.481 e. The average molecular weight is 308 g/mol. The summed E-state index contributed by atoms with van der Waals surface area (Å²) in [6, 6.07) is 17.3. The van der Waals surface area contributed by atoms with E-state index in [1.807, 2.05) is 0 Å². The van der Waals surface area contributed by atoms with Gasteiger partial charge in [0.15, 0.2) is 0 Å². The summed E-state index contributed by atoms with van der Waals surface area (Å²) in [7, 11) is 0. The topological polar surface area (TPSA) is 57.5 Å². The smallest absolute Gasteiger partial charge is 0.300 e. The highest BCUT2D eigenvalue weighted by atomic mass is 16.4. The Bertz CT molecular complexity index is 863. The van der Waals surface area contributed by atoms with Crippen molar-refractivity contribution < 1.29 is 15.0 Å². The number of carboxylic acid groups (broad SMARTS) is 1. The molecule has 0 amide bonds. The van der Waals surface area contributed by atoms with Gasteiger partial charge in [0.2, 0.25) is 0 Å². The Hall–Kier alpha value is -2.39. The predicted octanol–water partition coefficient (Wildman–Crippen LogP) is 4.45. The van der Waals surface area contributed by atoms with Gasteiger partial charge in [0.1, 0.15) is 0 Å². The first kappa shape index (κ1) is 15.5. The fraction of sp³-hybridized carbons (Fsp3) is 0.250. The molecule has 3 aromatic carbocycles. The standard InChI is InChI=1S/C18H16O.C2H4O2/c19-17-7-3-6-12-8-9-15-10-13-4-1-2-5-14(13)11-16(15)18(12)17;1-2(3)4/h1-2,4-5,8-11,17,19H,3,6-7H2;1H3,(H,3,4). The van der Waals surface area contributed by atoms with Crippen LogP contribution in [0.2, 0.25) is 0 Å². The summed E-state index contributed by atoms with van der Waals surface area (Å²) in [4.78, 5) is 9.00. The molecule has 0 bridgehead atoms. The van der Waals surface area contributed by atoms with Crippen LogP contribution in [0.1, 0.15) is 37.0 Å². The minimum atomic E-state index is -0.833. The van der Waals surface area contributed by atoms with E-state index in [0.29, 0.717) is 0 Å². The fourth-order valence-electron chi connectivity index (χ4n) is 3.32. The lowest BCUT2D eigenvalue weighted by Gasteiger charge is -2.23. The molecule has 0 aromatic heterocycles. The van der Waals surface area contributed by atoms with E-state index in [1.54, 1.807) is 0 Å².